The predicted octanol–water partition coefficient (Wildman–Crippen LogP) is 7.80. The van der Waals surface area contributed by atoms with Crippen molar-refractivity contribution in [1.82, 2.24) is 0 Å². The fourth-order valence-corrected chi connectivity index (χ4v) is 8.83. The maximum Gasteiger partial charge on any atom is 0.0577 e. The number of rotatable bonds is 5. The lowest BCUT2D eigenvalue weighted by atomic mass is 9.47. The molecule has 1 N–H and O–H groups in total. The van der Waals surface area contributed by atoms with Crippen LogP contribution in [0.4, 0.5) is 0 Å². The predicted molar refractivity (Wildman–Crippen MR) is 128 cm³/mol. The number of aliphatic hydroxyl groups excluding tert-OH is 1. The number of hydrogen-bond donors (Lipinski definition) is 1. The maximum atomic E-state index is 10.2. The number of allylic oxidation sites excluding steroid dienone is 3. The van der Waals surface area contributed by atoms with Crippen LogP contribution in [-0.4, -0.2) is 11.2 Å². The summed E-state index contributed by atoms with van der Waals surface area (Å²) in [5.74, 6) is 5.70. The summed E-state index contributed by atoms with van der Waals surface area (Å²) in [5, 5.41) is 10.2. The molecule has 4 aliphatic rings. The Morgan fingerprint density at radius 2 is 1.80 bits per heavy atom. The molecule has 170 valence electrons. The average Bonchev–Trinajstić information content (AvgIpc) is 3.06. The highest BCUT2D eigenvalue weighted by molar-refractivity contribution is 5.25. The molecule has 0 aromatic heterocycles. The van der Waals surface area contributed by atoms with Crippen molar-refractivity contribution in [3.63, 3.8) is 0 Å². The van der Waals surface area contributed by atoms with Crippen LogP contribution in [0.1, 0.15) is 99.3 Å². The second kappa shape index (κ2) is 8.42. The average molecular weight is 413 g/mol. The summed E-state index contributed by atoms with van der Waals surface area (Å²) in [6, 6.07) is 0. The molecule has 0 heterocycles. The zero-order valence-electron chi connectivity index (χ0n) is 20.7. The fourth-order valence-electron chi connectivity index (χ4n) is 8.83. The van der Waals surface area contributed by atoms with E-state index in [0.29, 0.717) is 16.7 Å². The van der Waals surface area contributed by atoms with Gasteiger partial charge in [0.15, 0.2) is 0 Å². The minimum absolute atomic E-state index is 0.0870. The summed E-state index contributed by atoms with van der Waals surface area (Å²) < 4.78 is 0. The Hall–Kier alpha value is -0.560. The van der Waals surface area contributed by atoms with Crippen LogP contribution < -0.4 is 0 Å². The van der Waals surface area contributed by atoms with E-state index in [1.165, 1.54) is 44.9 Å². The molecule has 30 heavy (non-hydrogen) atoms. The van der Waals surface area contributed by atoms with Crippen LogP contribution in [0.2, 0.25) is 0 Å². The lowest BCUT2D eigenvalue weighted by molar-refractivity contribution is -0.0540. The molecular weight excluding hydrogens is 364 g/mol. The van der Waals surface area contributed by atoms with Gasteiger partial charge in [-0.2, -0.15) is 0 Å². The van der Waals surface area contributed by atoms with Gasteiger partial charge in [-0.05, 0) is 110 Å². The van der Waals surface area contributed by atoms with Crippen LogP contribution in [0.15, 0.2) is 23.8 Å². The third-order valence-electron chi connectivity index (χ3n) is 10.8. The molecule has 0 aliphatic heterocycles. The molecule has 4 aliphatic carbocycles. The molecule has 4 rings (SSSR count). The first-order valence-electron chi connectivity index (χ1n) is 13.3. The first-order valence-corrected chi connectivity index (χ1v) is 13.3. The molecule has 3 fully saturated rings. The highest BCUT2D eigenvalue weighted by atomic mass is 16.3. The Balaban J connectivity index is 1.52. The monoisotopic (exact) mass is 412 g/mol. The summed E-state index contributed by atoms with van der Waals surface area (Å²) in [4.78, 5) is 0. The second-order valence-electron chi connectivity index (χ2n) is 12.4. The highest BCUT2D eigenvalue weighted by Crippen LogP contribution is 2.67. The molecular formula is C29H48O. The standard InChI is InChI=1S/C29H48O/c1-7-21(19(2)3)9-8-20(4)25-12-13-26-24-11-10-22-18-23(30)14-16-28(22,5)27(24)15-17-29(25,26)6/h8-10,19-21,23-27,30H,7,11-18H2,1-6H3/b9-8+/t20-,21+,23-,24-,25+,26-,27-,28-,29+/m0/s1. The molecule has 0 aromatic rings. The summed E-state index contributed by atoms with van der Waals surface area (Å²) >= 11 is 0. The quantitative estimate of drug-likeness (QED) is 0.457. The molecule has 3 saturated carbocycles. The molecule has 0 unspecified atom stereocenters. The Labute approximate surface area is 186 Å². The van der Waals surface area contributed by atoms with Crippen LogP contribution in [0.3, 0.4) is 0 Å². The van der Waals surface area contributed by atoms with Gasteiger partial charge >= 0.3 is 0 Å². The summed E-state index contributed by atoms with van der Waals surface area (Å²) in [5.41, 5.74) is 2.51. The van der Waals surface area contributed by atoms with Crippen molar-refractivity contribution in [1.29, 1.82) is 0 Å². The zero-order valence-corrected chi connectivity index (χ0v) is 20.7. The summed E-state index contributed by atoms with van der Waals surface area (Å²) in [6.45, 7) is 14.8. The van der Waals surface area contributed by atoms with Crippen molar-refractivity contribution in [2.24, 2.45) is 52.3 Å². The van der Waals surface area contributed by atoms with E-state index in [-0.39, 0.29) is 6.10 Å². The van der Waals surface area contributed by atoms with Crippen LogP contribution in [-0.2, 0) is 0 Å². The SMILES string of the molecule is CC[C@H](/C=C/[C@H](C)[C@H]1CC[C@H]2[C@@H]3CC=C4C[C@@H](O)CC[C@]4(C)[C@H]3CC[C@]12C)C(C)C. The number of fused-ring (bicyclic) bond motifs is 5. The lowest BCUT2D eigenvalue weighted by Crippen LogP contribution is -2.50. The van der Waals surface area contributed by atoms with Gasteiger partial charge in [0, 0.05) is 0 Å². The summed E-state index contributed by atoms with van der Waals surface area (Å²) in [6.07, 6.45) is 19.1. The molecule has 0 bridgehead atoms. The van der Waals surface area contributed by atoms with E-state index in [0.717, 1.165) is 48.3 Å². The lowest BCUT2D eigenvalue weighted by Gasteiger charge is -2.58. The van der Waals surface area contributed by atoms with E-state index in [1.54, 1.807) is 5.57 Å². The van der Waals surface area contributed by atoms with Crippen molar-refractivity contribution in [3.8, 4) is 0 Å². The minimum atomic E-state index is -0.0870. The van der Waals surface area contributed by atoms with Crippen LogP contribution in [0.25, 0.3) is 0 Å². The topological polar surface area (TPSA) is 20.2 Å². The number of aliphatic hydroxyl groups is 1. The van der Waals surface area contributed by atoms with Gasteiger partial charge in [0.05, 0.1) is 6.10 Å². The zero-order chi connectivity index (χ0) is 21.7. The smallest absolute Gasteiger partial charge is 0.0577 e. The normalized spacial score (nSPS) is 45.6. The van der Waals surface area contributed by atoms with Crippen LogP contribution in [0, 0.1) is 52.3 Å². The molecule has 0 saturated heterocycles. The second-order valence-corrected chi connectivity index (χ2v) is 12.4. The van der Waals surface area contributed by atoms with Crippen molar-refractivity contribution < 1.29 is 5.11 Å². The largest absolute Gasteiger partial charge is 0.393 e. The highest BCUT2D eigenvalue weighted by Gasteiger charge is 2.58. The van der Waals surface area contributed by atoms with Gasteiger partial charge in [-0.25, -0.2) is 0 Å². The van der Waals surface area contributed by atoms with Gasteiger partial charge in [0.25, 0.3) is 0 Å². The van der Waals surface area contributed by atoms with Crippen molar-refractivity contribution in [3.05, 3.63) is 23.8 Å². The van der Waals surface area contributed by atoms with E-state index in [1.807, 2.05) is 0 Å². The minimum Gasteiger partial charge on any atom is -0.393 e. The van der Waals surface area contributed by atoms with E-state index in [2.05, 4.69) is 59.8 Å². The maximum absolute atomic E-state index is 10.2. The van der Waals surface area contributed by atoms with E-state index in [4.69, 9.17) is 0 Å². The third-order valence-corrected chi connectivity index (χ3v) is 10.8. The third kappa shape index (κ3) is 3.66. The van der Waals surface area contributed by atoms with Gasteiger partial charge in [0.1, 0.15) is 0 Å². The van der Waals surface area contributed by atoms with Gasteiger partial charge in [0.2, 0.25) is 0 Å². The van der Waals surface area contributed by atoms with E-state index in [9.17, 15) is 5.11 Å². The van der Waals surface area contributed by atoms with Crippen molar-refractivity contribution in [2.75, 3.05) is 0 Å². The molecule has 0 spiro atoms. The molecule has 0 aromatic carbocycles. The van der Waals surface area contributed by atoms with Gasteiger partial charge in [-0.1, -0.05) is 65.3 Å². The van der Waals surface area contributed by atoms with Gasteiger partial charge < -0.3 is 5.11 Å². The van der Waals surface area contributed by atoms with Gasteiger partial charge in [-0.3, -0.25) is 0 Å². The molecule has 0 radical (unpaired) electrons. The Morgan fingerprint density at radius 3 is 2.50 bits per heavy atom. The molecule has 0 amide bonds. The fraction of sp³-hybridized carbons (Fsp3) is 0.862. The van der Waals surface area contributed by atoms with Crippen LogP contribution in [0.5, 0.6) is 0 Å². The Kier molecular flexibility index (Phi) is 6.35. The van der Waals surface area contributed by atoms with Crippen molar-refractivity contribution >= 4 is 0 Å². The Bertz CT molecular complexity index is 674. The summed E-state index contributed by atoms with van der Waals surface area (Å²) in [7, 11) is 0. The molecule has 1 nitrogen and oxygen atoms in total. The molecule has 1 heteroatoms. The molecule has 9 atom stereocenters. The first-order chi connectivity index (χ1) is 14.2. The Morgan fingerprint density at radius 1 is 1.03 bits per heavy atom. The first kappa shape index (κ1) is 22.6. The van der Waals surface area contributed by atoms with E-state index < -0.39 is 0 Å². The number of hydrogen-bond acceptors (Lipinski definition) is 1. The van der Waals surface area contributed by atoms with Crippen LogP contribution >= 0.6 is 0 Å². The van der Waals surface area contributed by atoms with E-state index >= 15 is 0 Å². The van der Waals surface area contributed by atoms with Crippen molar-refractivity contribution in [2.45, 2.75) is 105 Å². The van der Waals surface area contributed by atoms with Gasteiger partial charge in [-0.15, -0.1) is 0 Å².